The molecule has 1 aromatic rings. The number of benzene rings is 1. The summed E-state index contributed by atoms with van der Waals surface area (Å²) in [4.78, 5) is 13.1. The maximum Gasteiger partial charge on any atom is 0.257 e. The summed E-state index contributed by atoms with van der Waals surface area (Å²) in [6, 6.07) is 4.18. The summed E-state index contributed by atoms with van der Waals surface area (Å²) >= 11 is 0. The molecule has 3 N–H and O–H groups in total. The molecule has 0 aliphatic rings. The lowest BCUT2D eigenvalue weighted by molar-refractivity contribution is 0.0700. The summed E-state index contributed by atoms with van der Waals surface area (Å²) < 4.78 is 0. The number of amides is 1. The van der Waals surface area contributed by atoms with Crippen molar-refractivity contribution in [1.29, 1.82) is 0 Å². The third-order valence-corrected chi connectivity index (χ3v) is 2.13. The smallest absolute Gasteiger partial charge is 0.257 e. The Labute approximate surface area is 93.6 Å². The van der Waals surface area contributed by atoms with Crippen molar-refractivity contribution in [2.45, 2.75) is 13.0 Å². The normalized spacial score (nSPS) is 12.2. The molecule has 5 heteroatoms. The van der Waals surface area contributed by atoms with Crippen molar-refractivity contribution in [1.82, 2.24) is 4.90 Å². The van der Waals surface area contributed by atoms with Crippen LogP contribution in [-0.4, -0.2) is 45.8 Å². The predicted octanol–water partition coefficient (Wildman–Crippen LogP) is 0.551. The SMILES string of the molecule is CC(O)CN(C)C(=O)c1cccc(O)c1O. The van der Waals surface area contributed by atoms with E-state index in [0.717, 1.165) is 0 Å². The minimum absolute atomic E-state index is 0.0168. The molecule has 0 aliphatic heterocycles. The number of hydrogen-bond acceptors (Lipinski definition) is 4. The Kier molecular flexibility index (Phi) is 3.73. The first kappa shape index (κ1) is 12.3. The van der Waals surface area contributed by atoms with Crippen molar-refractivity contribution in [2.24, 2.45) is 0 Å². The molecule has 5 nitrogen and oxygen atoms in total. The van der Waals surface area contributed by atoms with Gasteiger partial charge in [0.05, 0.1) is 11.7 Å². The van der Waals surface area contributed by atoms with E-state index in [1.54, 1.807) is 6.92 Å². The molecular formula is C11H15NO4. The Bertz CT molecular complexity index is 390. The third-order valence-electron chi connectivity index (χ3n) is 2.13. The van der Waals surface area contributed by atoms with Crippen LogP contribution in [0.3, 0.4) is 0 Å². The number of rotatable bonds is 3. The molecule has 1 unspecified atom stereocenters. The molecule has 1 atom stereocenters. The highest BCUT2D eigenvalue weighted by Gasteiger charge is 2.18. The van der Waals surface area contributed by atoms with Gasteiger partial charge in [-0.2, -0.15) is 0 Å². The minimum atomic E-state index is -0.645. The van der Waals surface area contributed by atoms with E-state index in [9.17, 15) is 15.0 Å². The van der Waals surface area contributed by atoms with Gasteiger partial charge in [-0.3, -0.25) is 4.79 Å². The fourth-order valence-corrected chi connectivity index (χ4v) is 1.39. The lowest BCUT2D eigenvalue weighted by atomic mass is 10.1. The minimum Gasteiger partial charge on any atom is -0.504 e. The van der Waals surface area contributed by atoms with E-state index in [1.165, 1.54) is 30.1 Å². The van der Waals surface area contributed by atoms with E-state index < -0.39 is 17.8 Å². The number of carbonyl (C=O) groups is 1. The second-order valence-electron chi connectivity index (χ2n) is 3.71. The highest BCUT2D eigenvalue weighted by Crippen LogP contribution is 2.28. The van der Waals surface area contributed by atoms with Crippen molar-refractivity contribution in [3.63, 3.8) is 0 Å². The molecule has 88 valence electrons. The Morgan fingerprint density at radius 1 is 1.44 bits per heavy atom. The van der Waals surface area contributed by atoms with Crippen LogP contribution in [0.1, 0.15) is 17.3 Å². The number of para-hydroxylation sites is 1. The molecule has 1 aromatic carbocycles. The van der Waals surface area contributed by atoms with Crippen molar-refractivity contribution >= 4 is 5.91 Å². The number of aliphatic hydroxyl groups is 1. The molecule has 0 heterocycles. The topological polar surface area (TPSA) is 81.0 Å². The van der Waals surface area contributed by atoms with Gasteiger partial charge in [-0.05, 0) is 19.1 Å². The number of aliphatic hydroxyl groups excluding tert-OH is 1. The zero-order valence-electron chi connectivity index (χ0n) is 9.21. The second-order valence-corrected chi connectivity index (χ2v) is 3.71. The van der Waals surface area contributed by atoms with Gasteiger partial charge in [-0.15, -0.1) is 0 Å². The van der Waals surface area contributed by atoms with Crippen LogP contribution in [-0.2, 0) is 0 Å². The Hall–Kier alpha value is -1.75. The van der Waals surface area contributed by atoms with Crippen LogP contribution in [0, 0.1) is 0 Å². The van der Waals surface area contributed by atoms with Gasteiger partial charge >= 0.3 is 0 Å². The fourth-order valence-electron chi connectivity index (χ4n) is 1.39. The number of aromatic hydroxyl groups is 2. The van der Waals surface area contributed by atoms with E-state index >= 15 is 0 Å². The zero-order chi connectivity index (χ0) is 12.3. The van der Waals surface area contributed by atoms with Crippen LogP contribution in [0.5, 0.6) is 11.5 Å². The second kappa shape index (κ2) is 4.85. The largest absolute Gasteiger partial charge is 0.504 e. The van der Waals surface area contributed by atoms with Gasteiger partial charge in [0, 0.05) is 13.6 Å². The van der Waals surface area contributed by atoms with Gasteiger partial charge in [0.2, 0.25) is 0 Å². The van der Waals surface area contributed by atoms with Crippen LogP contribution in [0.4, 0.5) is 0 Å². The van der Waals surface area contributed by atoms with E-state index in [1.807, 2.05) is 0 Å². The first-order valence-corrected chi connectivity index (χ1v) is 4.88. The van der Waals surface area contributed by atoms with Crippen LogP contribution in [0.25, 0.3) is 0 Å². The average Bonchev–Trinajstić information content (AvgIpc) is 2.20. The molecule has 0 fully saturated rings. The van der Waals surface area contributed by atoms with Crippen LogP contribution in [0.15, 0.2) is 18.2 Å². The van der Waals surface area contributed by atoms with Crippen molar-refractivity contribution in [3.8, 4) is 11.5 Å². The molecular weight excluding hydrogens is 210 g/mol. The number of phenols is 2. The van der Waals surface area contributed by atoms with Gasteiger partial charge in [-0.25, -0.2) is 0 Å². The average molecular weight is 225 g/mol. The van der Waals surface area contributed by atoms with Crippen molar-refractivity contribution in [2.75, 3.05) is 13.6 Å². The van der Waals surface area contributed by atoms with Crippen LogP contribution < -0.4 is 0 Å². The molecule has 0 bridgehead atoms. The van der Waals surface area contributed by atoms with Crippen molar-refractivity contribution in [3.05, 3.63) is 23.8 Å². The molecule has 0 aliphatic carbocycles. The Morgan fingerprint density at radius 3 is 2.62 bits per heavy atom. The van der Waals surface area contributed by atoms with Gasteiger partial charge in [0.15, 0.2) is 11.5 Å². The van der Waals surface area contributed by atoms with Gasteiger partial charge in [0.25, 0.3) is 5.91 Å². The Morgan fingerprint density at radius 2 is 2.06 bits per heavy atom. The molecule has 0 spiro atoms. The fraction of sp³-hybridized carbons (Fsp3) is 0.364. The summed E-state index contributed by atoms with van der Waals surface area (Å²) in [6.45, 7) is 1.72. The first-order chi connectivity index (χ1) is 7.43. The first-order valence-electron chi connectivity index (χ1n) is 4.88. The highest BCUT2D eigenvalue weighted by molar-refractivity contribution is 5.97. The van der Waals surface area contributed by atoms with Crippen LogP contribution >= 0.6 is 0 Å². The molecule has 1 amide bonds. The lowest BCUT2D eigenvalue weighted by Gasteiger charge is -2.19. The highest BCUT2D eigenvalue weighted by atomic mass is 16.3. The predicted molar refractivity (Wildman–Crippen MR) is 58.4 cm³/mol. The number of likely N-dealkylation sites (N-methyl/N-ethyl adjacent to an activating group) is 1. The van der Waals surface area contributed by atoms with Gasteiger partial charge in [0.1, 0.15) is 0 Å². The maximum absolute atomic E-state index is 11.8. The summed E-state index contributed by atoms with van der Waals surface area (Å²) in [7, 11) is 1.51. The van der Waals surface area contributed by atoms with Gasteiger partial charge < -0.3 is 20.2 Å². The number of phenolic OH excluding ortho intramolecular Hbond substituents is 2. The monoisotopic (exact) mass is 225 g/mol. The maximum atomic E-state index is 11.8. The number of nitrogens with zero attached hydrogens (tertiary/aromatic N) is 1. The quantitative estimate of drug-likeness (QED) is 0.656. The molecule has 16 heavy (non-hydrogen) atoms. The van der Waals surface area contributed by atoms with E-state index in [-0.39, 0.29) is 17.9 Å². The molecule has 0 saturated heterocycles. The lowest BCUT2D eigenvalue weighted by Crippen LogP contribution is -2.33. The standard InChI is InChI=1S/C11H15NO4/c1-7(13)6-12(2)11(16)8-4-3-5-9(14)10(8)15/h3-5,7,13-15H,6H2,1-2H3. The zero-order valence-corrected chi connectivity index (χ0v) is 9.21. The van der Waals surface area contributed by atoms with E-state index in [2.05, 4.69) is 0 Å². The van der Waals surface area contributed by atoms with Gasteiger partial charge in [-0.1, -0.05) is 6.07 Å². The molecule has 1 rings (SSSR count). The number of hydrogen-bond donors (Lipinski definition) is 3. The van der Waals surface area contributed by atoms with Crippen molar-refractivity contribution < 1.29 is 20.1 Å². The van der Waals surface area contributed by atoms with Crippen LogP contribution in [0.2, 0.25) is 0 Å². The molecule has 0 aromatic heterocycles. The Balaban J connectivity index is 2.92. The third kappa shape index (κ3) is 2.64. The number of carbonyl (C=O) groups excluding carboxylic acids is 1. The summed E-state index contributed by atoms with van der Waals surface area (Å²) in [5, 5.41) is 27.9. The van der Waals surface area contributed by atoms with E-state index in [0.29, 0.717) is 0 Å². The summed E-state index contributed by atoms with van der Waals surface area (Å²) in [6.07, 6.45) is -0.645. The summed E-state index contributed by atoms with van der Waals surface area (Å²) in [5.74, 6) is -1.23. The molecule has 0 radical (unpaired) electrons. The van der Waals surface area contributed by atoms with E-state index in [4.69, 9.17) is 5.11 Å². The summed E-state index contributed by atoms with van der Waals surface area (Å²) in [5.41, 5.74) is 0.0168. The molecule has 0 saturated carbocycles.